The molecule has 0 heterocycles. The molecule has 0 aromatic carbocycles. The Bertz CT molecular complexity index is 228. The van der Waals surface area contributed by atoms with E-state index in [1.54, 1.807) is 0 Å². The fourth-order valence-electron chi connectivity index (χ4n) is 2.43. The summed E-state index contributed by atoms with van der Waals surface area (Å²) in [7, 11) is 0. The zero-order valence-electron chi connectivity index (χ0n) is 9.99. The van der Waals surface area contributed by atoms with E-state index in [4.69, 9.17) is 5.73 Å². The number of amides is 1. The van der Waals surface area contributed by atoms with E-state index >= 15 is 0 Å². The van der Waals surface area contributed by atoms with Crippen molar-refractivity contribution < 1.29 is 9.90 Å². The van der Waals surface area contributed by atoms with Crippen LogP contribution in [0.3, 0.4) is 0 Å². The quantitative estimate of drug-likeness (QED) is 0.749. The second-order valence-corrected chi connectivity index (χ2v) is 5.33. The molecule has 0 aliphatic heterocycles. The maximum atomic E-state index is 11.0. The molecule has 1 fully saturated rings. The monoisotopic (exact) mass is 213 g/mol. The van der Waals surface area contributed by atoms with Crippen LogP contribution in [-0.2, 0) is 4.79 Å². The summed E-state index contributed by atoms with van der Waals surface area (Å²) in [5.41, 5.74) is 4.67. The van der Waals surface area contributed by atoms with Crippen LogP contribution in [0.5, 0.6) is 0 Å². The molecule has 88 valence electrons. The van der Waals surface area contributed by atoms with Crippen molar-refractivity contribution in [2.75, 3.05) is 0 Å². The molecule has 1 rings (SSSR count). The van der Waals surface area contributed by atoms with Crippen molar-refractivity contribution in [3.05, 3.63) is 0 Å². The van der Waals surface area contributed by atoms with E-state index in [2.05, 4.69) is 0 Å². The lowest BCUT2D eigenvalue weighted by Gasteiger charge is -2.40. The molecular weight excluding hydrogens is 190 g/mol. The fourth-order valence-corrected chi connectivity index (χ4v) is 2.43. The second kappa shape index (κ2) is 4.52. The molecule has 0 saturated heterocycles. The van der Waals surface area contributed by atoms with Gasteiger partial charge in [-0.05, 0) is 44.4 Å². The molecule has 1 aliphatic carbocycles. The van der Waals surface area contributed by atoms with Gasteiger partial charge < -0.3 is 10.8 Å². The van der Waals surface area contributed by atoms with Gasteiger partial charge >= 0.3 is 0 Å². The molecule has 1 amide bonds. The number of rotatable bonds is 3. The Labute approximate surface area is 92.0 Å². The van der Waals surface area contributed by atoms with Crippen LogP contribution in [0.15, 0.2) is 0 Å². The van der Waals surface area contributed by atoms with Crippen molar-refractivity contribution in [3.63, 3.8) is 0 Å². The first-order chi connectivity index (χ1) is 6.85. The standard InChI is InChI=1S/C12H23NO2/c1-8(2)12(3,15)10-6-4-9(5-7-10)11(13)14/h8-10,15H,4-7H2,1-3H3,(H2,13,14)/t9-,10-,12?. The van der Waals surface area contributed by atoms with E-state index in [1.807, 2.05) is 20.8 Å². The predicted molar refractivity (Wildman–Crippen MR) is 60.1 cm³/mol. The number of primary amides is 1. The SMILES string of the molecule is CC(C)C(C)(O)[C@H]1CC[C@H](C(N)=O)CC1. The van der Waals surface area contributed by atoms with Crippen molar-refractivity contribution in [1.29, 1.82) is 0 Å². The number of carbonyl (C=O) groups excluding carboxylic acids is 1. The van der Waals surface area contributed by atoms with Gasteiger partial charge in [0.25, 0.3) is 0 Å². The van der Waals surface area contributed by atoms with E-state index in [0.717, 1.165) is 25.7 Å². The van der Waals surface area contributed by atoms with E-state index in [0.29, 0.717) is 5.92 Å². The van der Waals surface area contributed by atoms with Crippen LogP contribution in [0.25, 0.3) is 0 Å². The lowest BCUT2D eigenvalue weighted by Crippen LogP contribution is -2.42. The molecule has 3 nitrogen and oxygen atoms in total. The van der Waals surface area contributed by atoms with Crippen LogP contribution >= 0.6 is 0 Å². The number of carbonyl (C=O) groups is 1. The molecule has 0 radical (unpaired) electrons. The zero-order valence-corrected chi connectivity index (χ0v) is 9.99. The first-order valence-corrected chi connectivity index (χ1v) is 5.87. The van der Waals surface area contributed by atoms with Gasteiger partial charge in [-0.3, -0.25) is 4.79 Å². The third-order valence-electron chi connectivity index (χ3n) is 4.12. The first-order valence-electron chi connectivity index (χ1n) is 5.87. The van der Waals surface area contributed by atoms with Crippen LogP contribution < -0.4 is 5.73 Å². The minimum Gasteiger partial charge on any atom is -0.390 e. The molecule has 1 aliphatic rings. The molecule has 0 spiro atoms. The minimum absolute atomic E-state index is 0.0317. The van der Waals surface area contributed by atoms with Crippen molar-refractivity contribution in [2.24, 2.45) is 23.5 Å². The smallest absolute Gasteiger partial charge is 0.220 e. The lowest BCUT2D eigenvalue weighted by atomic mass is 9.70. The van der Waals surface area contributed by atoms with Crippen LogP contribution in [0, 0.1) is 17.8 Å². The Morgan fingerprint density at radius 3 is 2.13 bits per heavy atom. The average Bonchev–Trinajstić information content (AvgIpc) is 2.17. The van der Waals surface area contributed by atoms with Crippen molar-refractivity contribution >= 4 is 5.91 Å². The highest BCUT2D eigenvalue weighted by molar-refractivity contribution is 5.76. The summed E-state index contributed by atoms with van der Waals surface area (Å²) < 4.78 is 0. The molecule has 1 unspecified atom stereocenters. The van der Waals surface area contributed by atoms with Gasteiger partial charge in [0.05, 0.1) is 5.60 Å². The number of hydrogen-bond donors (Lipinski definition) is 2. The van der Waals surface area contributed by atoms with E-state index in [1.165, 1.54) is 0 Å². The predicted octanol–water partition coefficient (Wildman–Crippen LogP) is 1.69. The largest absolute Gasteiger partial charge is 0.390 e. The maximum absolute atomic E-state index is 11.0. The van der Waals surface area contributed by atoms with Crippen molar-refractivity contribution in [1.82, 2.24) is 0 Å². The molecule has 3 heteroatoms. The summed E-state index contributed by atoms with van der Waals surface area (Å²) in [4.78, 5) is 11.0. The molecule has 1 atom stereocenters. The van der Waals surface area contributed by atoms with Crippen molar-refractivity contribution in [2.45, 2.75) is 52.1 Å². The summed E-state index contributed by atoms with van der Waals surface area (Å²) in [5.74, 6) is 0.419. The summed E-state index contributed by atoms with van der Waals surface area (Å²) in [6, 6.07) is 0. The van der Waals surface area contributed by atoms with E-state index < -0.39 is 5.60 Å². The highest BCUT2D eigenvalue weighted by atomic mass is 16.3. The van der Waals surface area contributed by atoms with E-state index in [9.17, 15) is 9.90 Å². The minimum atomic E-state index is -0.609. The van der Waals surface area contributed by atoms with Gasteiger partial charge in [0.1, 0.15) is 0 Å². The molecule has 0 aromatic heterocycles. The Hall–Kier alpha value is -0.570. The molecule has 0 aromatic rings. The van der Waals surface area contributed by atoms with Gasteiger partial charge in [-0.25, -0.2) is 0 Å². The molecular formula is C12H23NO2. The summed E-state index contributed by atoms with van der Waals surface area (Å²) in [6.07, 6.45) is 3.50. The Morgan fingerprint density at radius 1 is 1.33 bits per heavy atom. The Balaban J connectivity index is 2.54. The van der Waals surface area contributed by atoms with Gasteiger partial charge in [-0.15, -0.1) is 0 Å². The van der Waals surface area contributed by atoms with Crippen LogP contribution in [-0.4, -0.2) is 16.6 Å². The van der Waals surface area contributed by atoms with Gasteiger partial charge in [0, 0.05) is 5.92 Å². The van der Waals surface area contributed by atoms with Crippen LogP contribution in [0.4, 0.5) is 0 Å². The third-order valence-corrected chi connectivity index (χ3v) is 4.12. The van der Waals surface area contributed by atoms with Crippen LogP contribution in [0.2, 0.25) is 0 Å². The highest BCUT2D eigenvalue weighted by Gasteiger charge is 2.38. The third kappa shape index (κ3) is 2.71. The summed E-state index contributed by atoms with van der Waals surface area (Å²) in [5, 5.41) is 10.3. The van der Waals surface area contributed by atoms with Crippen LogP contribution in [0.1, 0.15) is 46.5 Å². The molecule has 15 heavy (non-hydrogen) atoms. The highest BCUT2D eigenvalue weighted by Crippen LogP contribution is 2.38. The van der Waals surface area contributed by atoms with Gasteiger partial charge in [-0.1, -0.05) is 13.8 Å². The van der Waals surface area contributed by atoms with Crippen molar-refractivity contribution in [3.8, 4) is 0 Å². The first kappa shape index (κ1) is 12.5. The van der Waals surface area contributed by atoms with Gasteiger partial charge in [0.2, 0.25) is 5.91 Å². The number of aliphatic hydroxyl groups is 1. The summed E-state index contributed by atoms with van der Waals surface area (Å²) >= 11 is 0. The maximum Gasteiger partial charge on any atom is 0.220 e. The Morgan fingerprint density at radius 2 is 1.80 bits per heavy atom. The molecule has 0 bridgehead atoms. The normalized spacial score (nSPS) is 31.3. The lowest BCUT2D eigenvalue weighted by molar-refractivity contribution is -0.124. The molecule has 1 saturated carbocycles. The zero-order chi connectivity index (χ0) is 11.6. The Kier molecular flexibility index (Phi) is 3.77. The number of nitrogens with two attached hydrogens (primary N) is 1. The fraction of sp³-hybridized carbons (Fsp3) is 0.917. The summed E-state index contributed by atoms with van der Waals surface area (Å²) in [6.45, 7) is 5.99. The average molecular weight is 213 g/mol. The second-order valence-electron chi connectivity index (χ2n) is 5.33. The topological polar surface area (TPSA) is 63.3 Å². The van der Waals surface area contributed by atoms with Gasteiger partial charge in [0.15, 0.2) is 0 Å². The molecule has 3 N–H and O–H groups in total. The van der Waals surface area contributed by atoms with E-state index in [-0.39, 0.29) is 17.7 Å². The number of hydrogen-bond acceptors (Lipinski definition) is 2. The van der Waals surface area contributed by atoms with Gasteiger partial charge in [-0.2, -0.15) is 0 Å².